The van der Waals surface area contributed by atoms with Gasteiger partial charge in [0.05, 0.1) is 0 Å². The highest BCUT2D eigenvalue weighted by Crippen LogP contribution is 2.16. The van der Waals surface area contributed by atoms with Crippen molar-refractivity contribution >= 4 is 11.9 Å². The number of carboxylic acid groups (broad SMARTS) is 1. The van der Waals surface area contributed by atoms with Crippen molar-refractivity contribution in [1.82, 2.24) is 0 Å². The van der Waals surface area contributed by atoms with E-state index in [4.69, 9.17) is 9.84 Å². The largest absolute Gasteiger partial charge is 0.481 e. The van der Waals surface area contributed by atoms with E-state index in [-0.39, 0.29) is 18.5 Å². The molecule has 0 aliphatic heterocycles. The number of unbranched alkanes of at least 4 members (excludes halogenated alkanes) is 2. The minimum Gasteiger partial charge on any atom is -0.481 e. The van der Waals surface area contributed by atoms with Crippen LogP contribution in [0.5, 0.6) is 0 Å². The average molecular weight is 230 g/mol. The number of hydrogen-bond acceptors (Lipinski definition) is 3. The van der Waals surface area contributed by atoms with Crippen molar-refractivity contribution in [2.24, 2.45) is 5.92 Å². The van der Waals surface area contributed by atoms with E-state index in [9.17, 15) is 9.59 Å². The molecule has 16 heavy (non-hydrogen) atoms. The summed E-state index contributed by atoms with van der Waals surface area (Å²) in [5, 5.41) is 8.45. The zero-order chi connectivity index (χ0) is 12.6. The van der Waals surface area contributed by atoms with Gasteiger partial charge in [0.2, 0.25) is 0 Å². The highest BCUT2D eigenvalue weighted by atomic mass is 16.5. The highest BCUT2D eigenvalue weighted by molar-refractivity contribution is 5.66. The Morgan fingerprint density at radius 3 is 2.31 bits per heavy atom. The Morgan fingerprint density at radius 2 is 1.81 bits per heavy atom. The Hall–Kier alpha value is -1.06. The van der Waals surface area contributed by atoms with E-state index in [0.29, 0.717) is 5.92 Å². The first-order chi connectivity index (χ1) is 7.43. The van der Waals surface area contributed by atoms with Crippen molar-refractivity contribution in [3.05, 3.63) is 0 Å². The van der Waals surface area contributed by atoms with Gasteiger partial charge in [-0.2, -0.15) is 0 Å². The number of esters is 1. The summed E-state index contributed by atoms with van der Waals surface area (Å²) in [6, 6.07) is 0. The number of carboxylic acids is 1. The molecule has 0 bridgehead atoms. The fourth-order valence-electron chi connectivity index (χ4n) is 1.53. The van der Waals surface area contributed by atoms with Gasteiger partial charge in [-0.25, -0.2) is 0 Å². The maximum atomic E-state index is 10.7. The van der Waals surface area contributed by atoms with E-state index in [2.05, 4.69) is 0 Å². The van der Waals surface area contributed by atoms with Crippen LogP contribution < -0.4 is 0 Å². The monoisotopic (exact) mass is 230 g/mol. The molecule has 2 atom stereocenters. The van der Waals surface area contributed by atoms with Crippen molar-refractivity contribution in [1.29, 1.82) is 0 Å². The summed E-state index contributed by atoms with van der Waals surface area (Å²) in [5.41, 5.74) is 0. The number of ether oxygens (including phenoxy) is 1. The van der Waals surface area contributed by atoms with Gasteiger partial charge in [-0.15, -0.1) is 0 Å². The Morgan fingerprint density at radius 1 is 1.19 bits per heavy atom. The molecule has 0 aliphatic carbocycles. The van der Waals surface area contributed by atoms with Gasteiger partial charge in [0.15, 0.2) is 0 Å². The lowest BCUT2D eigenvalue weighted by molar-refractivity contribution is -0.147. The normalized spacial score (nSPS) is 14.2. The molecule has 0 saturated heterocycles. The summed E-state index contributed by atoms with van der Waals surface area (Å²) < 4.78 is 5.07. The van der Waals surface area contributed by atoms with Crippen LogP contribution in [0.1, 0.15) is 52.9 Å². The molecule has 0 aromatic rings. The molecule has 0 fully saturated rings. The second-order valence-corrected chi connectivity index (χ2v) is 4.28. The lowest BCUT2D eigenvalue weighted by Crippen LogP contribution is -2.20. The van der Waals surface area contributed by atoms with Gasteiger partial charge in [-0.05, 0) is 25.7 Å². The van der Waals surface area contributed by atoms with E-state index in [1.54, 1.807) is 0 Å². The molecule has 94 valence electrons. The summed E-state index contributed by atoms with van der Waals surface area (Å²) in [6.07, 6.45) is 3.78. The molecule has 0 heterocycles. The molecular weight excluding hydrogens is 208 g/mol. The molecule has 0 aliphatic rings. The standard InChI is InChI=1S/C12H22O4/c1-9(10(2)16-11(3)13)7-5-4-6-8-12(14)15/h9-10H,4-8H2,1-3H3,(H,14,15). The van der Waals surface area contributed by atoms with Gasteiger partial charge < -0.3 is 9.84 Å². The zero-order valence-electron chi connectivity index (χ0n) is 10.4. The molecule has 0 spiro atoms. The van der Waals surface area contributed by atoms with Crippen LogP contribution in [0.15, 0.2) is 0 Å². The molecule has 0 rings (SSSR count). The van der Waals surface area contributed by atoms with Crippen LogP contribution in [0.25, 0.3) is 0 Å². The van der Waals surface area contributed by atoms with Gasteiger partial charge in [0, 0.05) is 13.3 Å². The first-order valence-corrected chi connectivity index (χ1v) is 5.82. The summed E-state index contributed by atoms with van der Waals surface area (Å²) in [7, 11) is 0. The lowest BCUT2D eigenvalue weighted by atomic mass is 9.98. The first kappa shape index (κ1) is 14.9. The number of carbonyl (C=O) groups is 2. The van der Waals surface area contributed by atoms with Crippen molar-refractivity contribution < 1.29 is 19.4 Å². The highest BCUT2D eigenvalue weighted by Gasteiger charge is 2.14. The van der Waals surface area contributed by atoms with E-state index in [1.165, 1.54) is 6.92 Å². The van der Waals surface area contributed by atoms with Crippen molar-refractivity contribution in [3.8, 4) is 0 Å². The molecule has 0 aromatic heterocycles. The second-order valence-electron chi connectivity index (χ2n) is 4.28. The Bertz CT molecular complexity index is 225. The van der Waals surface area contributed by atoms with Crippen LogP contribution in [-0.2, 0) is 14.3 Å². The van der Waals surface area contributed by atoms with Crippen LogP contribution in [0.3, 0.4) is 0 Å². The molecule has 4 nitrogen and oxygen atoms in total. The maximum absolute atomic E-state index is 10.7. The third-order valence-electron chi connectivity index (χ3n) is 2.70. The Labute approximate surface area is 97.0 Å². The summed E-state index contributed by atoms with van der Waals surface area (Å²) in [5.74, 6) is -0.653. The van der Waals surface area contributed by atoms with Gasteiger partial charge in [-0.1, -0.05) is 19.8 Å². The van der Waals surface area contributed by atoms with Crippen LogP contribution >= 0.6 is 0 Å². The van der Waals surface area contributed by atoms with Crippen LogP contribution in [0.2, 0.25) is 0 Å². The van der Waals surface area contributed by atoms with Gasteiger partial charge in [0.1, 0.15) is 6.10 Å². The van der Waals surface area contributed by atoms with Crippen LogP contribution in [0.4, 0.5) is 0 Å². The number of rotatable bonds is 8. The topological polar surface area (TPSA) is 63.6 Å². The third-order valence-corrected chi connectivity index (χ3v) is 2.70. The average Bonchev–Trinajstić information content (AvgIpc) is 2.15. The van der Waals surface area contributed by atoms with E-state index < -0.39 is 5.97 Å². The fourth-order valence-corrected chi connectivity index (χ4v) is 1.53. The summed E-state index contributed by atoms with van der Waals surface area (Å²) in [6.45, 7) is 5.35. The molecule has 0 aromatic carbocycles. The van der Waals surface area contributed by atoms with Gasteiger partial charge >= 0.3 is 11.9 Å². The minimum atomic E-state index is -0.735. The quantitative estimate of drug-likeness (QED) is 0.514. The molecule has 0 radical (unpaired) electrons. The molecule has 2 unspecified atom stereocenters. The molecule has 0 saturated carbocycles. The van der Waals surface area contributed by atoms with Gasteiger partial charge in [0.25, 0.3) is 0 Å². The zero-order valence-corrected chi connectivity index (χ0v) is 10.4. The smallest absolute Gasteiger partial charge is 0.303 e. The molecule has 4 heteroatoms. The van der Waals surface area contributed by atoms with Gasteiger partial charge in [-0.3, -0.25) is 9.59 Å². The molecular formula is C12H22O4. The van der Waals surface area contributed by atoms with E-state index >= 15 is 0 Å². The SMILES string of the molecule is CC(=O)OC(C)C(C)CCCCCC(=O)O. The summed E-state index contributed by atoms with van der Waals surface area (Å²) in [4.78, 5) is 21.0. The maximum Gasteiger partial charge on any atom is 0.303 e. The Balaban J connectivity index is 3.52. The first-order valence-electron chi connectivity index (χ1n) is 5.82. The number of carbonyl (C=O) groups excluding carboxylic acids is 1. The number of hydrogen-bond donors (Lipinski definition) is 1. The lowest BCUT2D eigenvalue weighted by Gasteiger charge is -2.19. The minimum absolute atomic E-state index is 0.0584. The van der Waals surface area contributed by atoms with E-state index in [0.717, 1.165) is 25.7 Å². The van der Waals surface area contributed by atoms with Crippen molar-refractivity contribution in [2.75, 3.05) is 0 Å². The number of aliphatic carboxylic acids is 1. The predicted molar refractivity (Wildman–Crippen MR) is 61.1 cm³/mol. The van der Waals surface area contributed by atoms with Crippen LogP contribution in [-0.4, -0.2) is 23.1 Å². The van der Waals surface area contributed by atoms with Crippen LogP contribution in [0, 0.1) is 5.92 Å². The fraction of sp³-hybridized carbons (Fsp3) is 0.833. The second kappa shape index (κ2) is 8.13. The third kappa shape index (κ3) is 8.26. The summed E-state index contributed by atoms with van der Waals surface area (Å²) >= 11 is 0. The van der Waals surface area contributed by atoms with Crippen molar-refractivity contribution in [2.45, 2.75) is 59.0 Å². The molecule has 0 amide bonds. The van der Waals surface area contributed by atoms with E-state index in [1.807, 2.05) is 13.8 Å². The predicted octanol–water partition coefficient (Wildman–Crippen LogP) is 2.61. The van der Waals surface area contributed by atoms with Crippen molar-refractivity contribution in [3.63, 3.8) is 0 Å². The Kier molecular flexibility index (Phi) is 7.60. The molecule has 1 N–H and O–H groups in total.